The number of benzene rings is 1. The van der Waals surface area contributed by atoms with Gasteiger partial charge >= 0.3 is 5.97 Å². The Morgan fingerprint density at radius 2 is 1.97 bits per heavy atom. The van der Waals surface area contributed by atoms with Crippen LogP contribution in [0.25, 0.3) is 10.9 Å². The second-order valence-electron chi connectivity index (χ2n) is 9.52. The van der Waals surface area contributed by atoms with E-state index in [4.69, 9.17) is 4.74 Å². The van der Waals surface area contributed by atoms with Gasteiger partial charge in [-0.1, -0.05) is 6.07 Å². The maximum atomic E-state index is 11.8. The van der Waals surface area contributed by atoms with E-state index in [9.17, 15) is 19.8 Å². The molecule has 1 aromatic carbocycles. The van der Waals surface area contributed by atoms with Gasteiger partial charge in [-0.05, 0) is 77.4 Å². The van der Waals surface area contributed by atoms with Gasteiger partial charge in [-0.3, -0.25) is 9.59 Å². The van der Waals surface area contributed by atoms with Crippen molar-refractivity contribution in [2.75, 3.05) is 26.2 Å². The lowest BCUT2D eigenvalue weighted by molar-refractivity contribution is -0.155. The number of aliphatic hydroxyl groups is 1. The number of phenols is 1. The quantitative estimate of drug-likeness (QED) is 0.461. The molecule has 1 atom stereocenters. The molecule has 0 radical (unpaired) electrons. The number of carbonyl (C=O) groups excluding carboxylic acids is 1. The highest BCUT2D eigenvalue weighted by Gasteiger charge is 2.21. The molecular formula is C24H35N3O5. The molecular weight excluding hydrogens is 410 g/mol. The average molecular weight is 446 g/mol. The lowest BCUT2D eigenvalue weighted by Crippen LogP contribution is -2.44. The van der Waals surface area contributed by atoms with E-state index in [-0.39, 0.29) is 17.3 Å². The zero-order valence-electron chi connectivity index (χ0n) is 19.2. The third-order valence-electron chi connectivity index (χ3n) is 5.73. The minimum Gasteiger partial charge on any atom is -0.506 e. The molecule has 0 amide bonds. The monoisotopic (exact) mass is 445 g/mol. The Morgan fingerprint density at radius 1 is 1.25 bits per heavy atom. The van der Waals surface area contributed by atoms with Gasteiger partial charge in [0.2, 0.25) is 5.56 Å². The van der Waals surface area contributed by atoms with Crippen LogP contribution in [0.1, 0.15) is 58.1 Å². The lowest BCUT2D eigenvalue weighted by Gasteiger charge is -2.33. The summed E-state index contributed by atoms with van der Waals surface area (Å²) in [7, 11) is 0. The summed E-state index contributed by atoms with van der Waals surface area (Å²) in [6.45, 7) is 8.81. The number of fused-ring (bicyclic) bond motifs is 1. The Balaban J connectivity index is 1.43. The van der Waals surface area contributed by atoms with E-state index in [1.54, 1.807) is 12.1 Å². The van der Waals surface area contributed by atoms with Crippen LogP contribution in [-0.4, -0.2) is 63.9 Å². The topological polar surface area (TPSA) is 115 Å². The molecule has 0 unspecified atom stereocenters. The first-order valence-corrected chi connectivity index (χ1v) is 11.3. The summed E-state index contributed by atoms with van der Waals surface area (Å²) in [6, 6.07) is 6.52. The van der Waals surface area contributed by atoms with Crippen LogP contribution in [0, 0.1) is 0 Å². The van der Waals surface area contributed by atoms with Gasteiger partial charge in [0.15, 0.2) is 0 Å². The number of pyridine rings is 1. The Hall–Kier alpha value is -2.42. The summed E-state index contributed by atoms with van der Waals surface area (Å²) in [5.74, 6) is -0.158. The van der Waals surface area contributed by atoms with E-state index in [1.807, 2.05) is 20.8 Å². The summed E-state index contributed by atoms with van der Waals surface area (Å²) in [5, 5.41) is 24.8. The van der Waals surface area contributed by atoms with Crippen molar-refractivity contribution < 1.29 is 19.7 Å². The van der Waals surface area contributed by atoms with Crippen LogP contribution in [0.15, 0.2) is 29.1 Å². The second kappa shape index (κ2) is 10.5. The molecule has 3 rings (SSSR count). The summed E-state index contributed by atoms with van der Waals surface area (Å²) < 4.78 is 5.35. The number of phenolic OH excluding ortho intramolecular Hbond substituents is 1. The predicted molar refractivity (Wildman–Crippen MR) is 124 cm³/mol. The van der Waals surface area contributed by atoms with Gasteiger partial charge in [0.25, 0.3) is 0 Å². The fourth-order valence-electron chi connectivity index (χ4n) is 4.14. The lowest BCUT2D eigenvalue weighted by atomic mass is 10.0. The number of aromatic nitrogens is 1. The number of ether oxygens (including phenoxy) is 1. The smallest absolute Gasteiger partial charge is 0.306 e. The minimum atomic E-state index is -0.754. The number of aliphatic hydroxyl groups excluding tert-OH is 1. The number of H-pyrrole nitrogens is 1. The molecule has 2 heterocycles. The molecule has 1 saturated heterocycles. The first-order chi connectivity index (χ1) is 15.1. The highest BCUT2D eigenvalue weighted by molar-refractivity contribution is 5.87. The average Bonchev–Trinajstić information content (AvgIpc) is 2.72. The minimum absolute atomic E-state index is 0.0133. The molecule has 1 fully saturated rings. The molecule has 0 saturated carbocycles. The standard InChI is InChI=1S/C24H35N3O5/c1-24(2,3)32-22(31)5-4-12-27-13-10-16(11-14-27)25-15-20(29)17-6-8-19(28)23-18(17)7-9-21(30)26-23/h6-9,16,20,25,28-29H,4-5,10-15H2,1-3H3,(H,26,30)/t20-/m0/s1. The Morgan fingerprint density at radius 3 is 2.66 bits per heavy atom. The van der Waals surface area contributed by atoms with Crippen LogP contribution >= 0.6 is 0 Å². The number of hydrogen-bond donors (Lipinski definition) is 4. The van der Waals surface area contributed by atoms with Crippen LogP contribution < -0.4 is 10.9 Å². The van der Waals surface area contributed by atoms with Crippen molar-refractivity contribution in [1.29, 1.82) is 0 Å². The summed E-state index contributed by atoms with van der Waals surface area (Å²) >= 11 is 0. The summed E-state index contributed by atoms with van der Waals surface area (Å²) in [5.41, 5.74) is 0.278. The second-order valence-corrected chi connectivity index (χ2v) is 9.52. The molecule has 0 spiro atoms. The number of hydrogen-bond acceptors (Lipinski definition) is 7. The highest BCUT2D eigenvalue weighted by Crippen LogP contribution is 2.28. The number of esters is 1. The van der Waals surface area contributed by atoms with Crippen molar-refractivity contribution in [2.24, 2.45) is 0 Å². The van der Waals surface area contributed by atoms with Gasteiger partial charge in [-0.25, -0.2) is 0 Å². The molecule has 1 aromatic heterocycles. The van der Waals surface area contributed by atoms with E-state index in [0.717, 1.165) is 38.9 Å². The Bertz CT molecular complexity index is 974. The normalized spacial score (nSPS) is 16.9. The van der Waals surface area contributed by atoms with Gasteiger partial charge in [-0.15, -0.1) is 0 Å². The van der Waals surface area contributed by atoms with Crippen molar-refractivity contribution >= 4 is 16.9 Å². The number of likely N-dealkylation sites (tertiary alicyclic amines) is 1. The SMILES string of the molecule is CC(C)(C)OC(=O)CCCN1CCC(NC[C@H](O)c2ccc(O)c3[nH]c(=O)ccc23)CC1. The van der Waals surface area contributed by atoms with Crippen molar-refractivity contribution in [2.45, 2.75) is 64.2 Å². The van der Waals surface area contributed by atoms with Crippen molar-refractivity contribution in [3.8, 4) is 5.75 Å². The number of piperidine rings is 1. The van der Waals surface area contributed by atoms with Gasteiger partial charge in [0.1, 0.15) is 11.4 Å². The fraction of sp³-hybridized carbons (Fsp3) is 0.583. The van der Waals surface area contributed by atoms with Crippen LogP contribution in [0.5, 0.6) is 5.75 Å². The molecule has 2 aromatic rings. The van der Waals surface area contributed by atoms with Crippen molar-refractivity contribution in [3.05, 3.63) is 40.2 Å². The van der Waals surface area contributed by atoms with Crippen LogP contribution in [0.2, 0.25) is 0 Å². The maximum Gasteiger partial charge on any atom is 0.306 e. The molecule has 8 heteroatoms. The molecule has 1 aliphatic rings. The van der Waals surface area contributed by atoms with Crippen LogP contribution in [-0.2, 0) is 9.53 Å². The number of aromatic amines is 1. The van der Waals surface area contributed by atoms with Gasteiger partial charge in [-0.2, -0.15) is 0 Å². The number of carbonyl (C=O) groups is 1. The Labute approximate surface area is 188 Å². The first kappa shape index (κ1) is 24.2. The largest absolute Gasteiger partial charge is 0.506 e. The predicted octanol–water partition coefficient (Wildman–Crippen LogP) is 2.44. The Kier molecular flexibility index (Phi) is 7.92. The molecule has 1 aliphatic heterocycles. The molecule has 4 N–H and O–H groups in total. The number of nitrogens with one attached hydrogen (secondary N) is 2. The van der Waals surface area contributed by atoms with E-state index >= 15 is 0 Å². The molecule has 0 bridgehead atoms. The summed E-state index contributed by atoms with van der Waals surface area (Å²) in [6.07, 6.45) is 2.43. The highest BCUT2D eigenvalue weighted by atomic mass is 16.6. The van der Waals surface area contributed by atoms with Gasteiger partial charge in [0.05, 0.1) is 11.6 Å². The third kappa shape index (κ3) is 6.79. The van der Waals surface area contributed by atoms with E-state index in [2.05, 4.69) is 15.2 Å². The number of nitrogens with zero attached hydrogens (tertiary/aromatic N) is 1. The zero-order valence-corrected chi connectivity index (χ0v) is 19.2. The van der Waals surface area contributed by atoms with Crippen molar-refractivity contribution in [1.82, 2.24) is 15.2 Å². The van der Waals surface area contributed by atoms with Gasteiger partial charge in [0, 0.05) is 30.5 Å². The molecule has 32 heavy (non-hydrogen) atoms. The van der Waals surface area contributed by atoms with E-state index in [1.165, 1.54) is 12.1 Å². The molecule has 8 nitrogen and oxygen atoms in total. The molecule has 176 valence electrons. The third-order valence-corrected chi connectivity index (χ3v) is 5.73. The summed E-state index contributed by atoms with van der Waals surface area (Å²) in [4.78, 5) is 28.4. The first-order valence-electron chi connectivity index (χ1n) is 11.3. The zero-order chi connectivity index (χ0) is 23.3. The fourth-order valence-corrected chi connectivity index (χ4v) is 4.14. The number of rotatable bonds is 8. The van der Waals surface area contributed by atoms with Crippen molar-refractivity contribution in [3.63, 3.8) is 0 Å². The van der Waals surface area contributed by atoms with Crippen LogP contribution in [0.4, 0.5) is 0 Å². The maximum absolute atomic E-state index is 11.8. The molecule has 0 aliphatic carbocycles. The van der Waals surface area contributed by atoms with E-state index < -0.39 is 11.7 Å². The van der Waals surface area contributed by atoms with Crippen LogP contribution in [0.3, 0.4) is 0 Å². The van der Waals surface area contributed by atoms with E-state index in [0.29, 0.717) is 35.5 Å². The van der Waals surface area contributed by atoms with Gasteiger partial charge < -0.3 is 30.2 Å². The number of aromatic hydroxyl groups is 1.